The topological polar surface area (TPSA) is 84.9 Å². The highest BCUT2D eigenvalue weighted by molar-refractivity contribution is 7.92. The van der Waals surface area contributed by atoms with Gasteiger partial charge in [-0.3, -0.25) is 9.10 Å². The lowest BCUT2D eigenvalue weighted by Crippen LogP contribution is -2.50. The molecule has 1 N–H and O–H groups in total. The number of ether oxygens (including phenoxy) is 2. The minimum atomic E-state index is -3.52. The summed E-state index contributed by atoms with van der Waals surface area (Å²) in [5, 5.41) is 2.85. The van der Waals surface area contributed by atoms with E-state index in [1.807, 2.05) is 38.1 Å². The number of hydrogen-bond acceptors (Lipinski definition) is 5. The molecule has 8 heteroatoms. The Morgan fingerprint density at radius 2 is 1.90 bits per heavy atom. The highest BCUT2D eigenvalue weighted by atomic mass is 32.2. The summed E-state index contributed by atoms with van der Waals surface area (Å²) in [7, 11) is -3.52. The molecule has 2 aromatic carbocycles. The number of para-hydroxylation sites is 2. The molecule has 30 heavy (non-hydrogen) atoms. The molecule has 0 spiro atoms. The summed E-state index contributed by atoms with van der Waals surface area (Å²) in [5.41, 5.74) is 1.61. The molecule has 1 heterocycles. The smallest absolute Gasteiger partial charge is 0.263 e. The average Bonchev–Trinajstić information content (AvgIpc) is 2.70. The normalized spacial score (nSPS) is 16.0. The van der Waals surface area contributed by atoms with Crippen LogP contribution in [-0.4, -0.2) is 45.9 Å². The standard InChI is InChI=1S/C22H28N2O5S/c1-16(2)28-18-12-10-17(11-13-18)7-6-14-23-22(25)21-15-24(30(3,26)27)19-8-4-5-9-20(19)29-21/h4-5,8-13,16,21H,6-7,14-15H2,1-3H3,(H,23,25)/t21-/m1/s1. The molecule has 0 aliphatic carbocycles. The second-order valence-corrected chi connectivity index (χ2v) is 9.48. The first-order valence-corrected chi connectivity index (χ1v) is 11.9. The summed E-state index contributed by atoms with van der Waals surface area (Å²) < 4.78 is 36.9. The average molecular weight is 433 g/mol. The van der Waals surface area contributed by atoms with Crippen molar-refractivity contribution in [1.82, 2.24) is 5.32 Å². The maximum Gasteiger partial charge on any atom is 0.263 e. The van der Waals surface area contributed by atoms with Gasteiger partial charge in [-0.2, -0.15) is 0 Å². The van der Waals surface area contributed by atoms with E-state index < -0.39 is 16.1 Å². The monoisotopic (exact) mass is 432 g/mol. The number of fused-ring (bicyclic) bond motifs is 1. The van der Waals surface area contributed by atoms with Crippen molar-refractivity contribution in [1.29, 1.82) is 0 Å². The number of sulfonamides is 1. The Balaban J connectivity index is 1.52. The van der Waals surface area contributed by atoms with E-state index in [2.05, 4.69) is 5.32 Å². The molecule has 0 aromatic heterocycles. The molecule has 1 aliphatic rings. The summed E-state index contributed by atoms with van der Waals surface area (Å²) in [4.78, 5) is 12.6. The fourth-order valence-corrected chi connectivity index (χ4v) is 4.19. The van der Waals surface area contributed by atoms with Gasteiger partial charge in [-0.15, -0.1) is 0 Å². The van der Waals surface area contributed by atoms with Crippen LogP contribution in [0.15, 0.2) is 48.5 Å². The van der Waals surface area contributed by atoms with Crippen molar-refractivity contribution in [3.8, 4) is 11.5 Å². The van der Waals surface area contributed by atoms with Gasteiger partial charge in [0.15, 0.2) is 6.10 Å². The second kappa shape index (κ2) is 9.38. The van der Waals surface area contributed by atoms with Crippen LogP contribution in [0.25, 0.3) is 0 Å². The first-order chi connectivity index (χ1) is 14.2. The Morgan fingerprint density at radius 1 is 1.20 bits per heavy atom. The zero-order valence-electron chi connectivity index (χ0n) is 17.5. The summed E-state index contributed by atoms with van der Waals surface area (Å²) >= 11 is 0. The molecule has 0 saturated carbocycles. The van der Waals surface area contributed by atoms with Gasteiger partial charge in [-0.25, -0.2) is 8.42 Å². The molecule has 1 aliphatic heterocycles. The molecule has 1 atom stereocenters. The summed E-state index contributed by atoms with van der Waals surface area (Å²) in [5.74, 6) is 0.907. The Labute approximate surface area is 178 Å². The van der Waals surface area contributed by atoms with Gasteiger partial charge < -0.3 is 14.8 Å². The van der Waals surface area contributed by atoms with E-state index in [1.165, 1.54) is 4.31 Å². The van der Waals surface area contributed by atoms with E-state index in [1.54, 1.807) is 24.3 Å². The fourth-order valence-electron chi connectivity index (χ4n) is 3.28. The molecule has 162 valence electrons. The number of benzene rings is 2. The van der Waals surface area contributed by atoms with Crippen molar-refractivity contribution in [2.45, 2.75) is 38.9 Å². The predicted octanol–water partition coefficient (Wildman–Crippen LogP) is 2.75. The van der Waals surface area contributed by atoms with E-state index in [0.29, 0.717) is 18.0 Å². The lowest BCUT2D eigenvalue weighted by atomic mass is 10.1. The quantitative estimate of drug-likeness (QED) is 0.649. The fraction of sp³-hybridized carbons (Fsp3) is 0.409. The molecule has 7 nitrogen and oxygen atoms in total. The van der Waals surface area contributed by atoms with Crippen LogP contribution in [-0.2, 0) is 21.2 Å². The van der Waals surface area contributed by atoms with Gasteiger partial charge in [0.2, 0.25) is 10.0 Å². The third-order valence-corrected chi connectivity index (χ3v) is 5.81. The molecule has 2 aromatic rings. The first kappa shape index (κ1) is 22.0. The predicted molar refractivity (Wildman–Crippen MR) is 117 cm³/mol. The molecule has 0 saturated heterocycles. The minimum absolute atomic E-state index is 0.0427. The Morgan fingerprint density at radius 3 is 2.57 bits per heavy atom. The number of anilines is 1. The summed E-state index contributed by atoms with van der Waals surface area (Å²) in [6, 6.07) is 14.7. The van der Waals surface area contributed by atoms with Crippen LogP contribution in [0, 0.1) is 0 Å². The molecule has 0 unspecified atom stereocenters. The zero-order chi connectivity index (χ0) is 21.7. The Bertz CT molecular complexity index is 973. The van der Waals surface area contributed by atoms with Gasteiger partial charge >= 0.3 is 0 Å². The lowest BCUT2D eigenvalue weighted by Gasteiger charge is -2.33. The summed E-state index contributed by atoms with van der Waals surface area (Å²) in [6.07, 6.45) is 1.95. The van der Waals surface area contributed by atoms with Crippen LogP contribution in [0.5, 0.6) is 11.5 Å². The van der Waals surface area contributed by atoms with E-state index in [-0.39, 0.29) is 18.6 Å². The molecule has 3 rings (SSSR count). The van der Waals surface area contributed by atoms with E-state index in [0.717, 1.165) is 30.4 Å². The third-order valence-electron chi connectivity index (χ3n) is 4.66. The third kappa shape index (κ3) is 5.66. The molecule has 0 fully saturated rings. The molecule has 0 bridgehead atoms. The number of carbonyl (C=O) groups excluding carboxylic acids is 1. The van der Waals surface area contributed by atoms with Gasteiger partial charge in [0.05, 0.1) is 24.6 Å². The van der Waals surface area contributed by atoms with Crippen molar-refractivity contribution >= 4 is 21.6 Å². The number of rotatable bonds is 8. The summed E-state index contributed by atoms with van der Waals surface area (Å²) in [6.45, 7) is 4.41. The SMILES string of the molecule is CC(C)Oc1ccc(CCCNC(=O)[C@H]2CN(S(C)(=O)=O)c3ccccc3O2)cc1. The van der Waals surface area contributed by atoms with Crippen LogP contribution >= 0.6 is 0 Å². The van der Waals surface area contributed by atoms with Gasteiger partial charge in [-0.1, -0.05) is 24.3 Å². The van der Waals surface area contributed by atoms with E-state index in [9.17, 15) is 13.2 Å². The van der Waals surface area contributed by atoms with Crippen molar-refractivity contribution < 1.29 is 22.7 Å². The maximum atomic E-state index is 12.6. The molecule has 1 amide bonds. The minimum Gasteiger partial charge on any atom is -0.491 e. The highest BCUT2D eigenvalue weighted by Gasteiger charge is 2.34. The van der Waals surface area contributed by atoms with Crippen molar-refractivity contribution in [3.63, 3.8) is 0 Å². The number of amides is 1. The highest BCUT2D eigenvalue weighted by Crippen LogP contribution is 2.34. The molecular weight excluding hydrogens is 404 g/mol. The lowest BCUT2D eigenvalue weighted by molar-refractivity contribution is -0.127. The van der Waals surface area contributed by atoms with Gasteiger partial charge in [0, 0.05) is 6.54 Å². The second-order valence-electron chi connectivity index (χ2n) is 7.57. The van der Waals surface area contributed by atoms with Crippen LogP contribution in [0.3, 0.4) is 0 Å². The van der Waals surface area contributed by atoms with Gasteiger partial charge in [0.25, 0.3) is 5.91 Å². The maximum absolute atomic E-state index is 12.6. The first-order valence-electron chi connectivity index (χ1n) is 10.0. The number of carbonyl (C=O) groups is 1. The number of aryl methyl sites for hydroxylation is 1. The molecular formula is C22H28N2O5S. The van der Waals surface area contributed by atoms with Crippen molar-refractivity contribution in [2.24, 2.45) is 0 Å². The number of hydrogen-bond donors (Lipinski definition) is 1. The number of nitrogens with zero attached hydrogens (tertiary/aromatic N) is 1. The van der Waals surface area contributed by atoms with Crippen LogP contribution < -0.4 is 19.1 Å². The van der Waals surface area contributed by atoms with E-state index in [4.69, 9.17) is 9.47 Å². The van der Waals surface area contributed by atoms with Gasteiger partial charge in [0.1, 0.15) is 11.5 Å². The van der Waals surface area contributed by atoms with Crippen molar-refractivity contribution in [3.05, 3.63) is 54.1 Å². The van der Waals surface area contributed by atoms with Crippen LogP contribution in [0.2, 0.25) is 0 Å². The van der Waals surface area contributed by atoms with Crippen molar-refractivity contribution in [2.75, 3.05) is 23.7 Å². The number of nitrogens with one attached hydrogen (secondary N) is 1. The van der Waals surface area contributed by atoms with Crippen LogP contribution in [0.4, 0.5) is 5.69 Å². The van der Waals surface area contributed by atoms with Crippen LogP contribution in [0.1, 0.15) is 25.8 Å². The van der Waals surface area contributed by atoms with E-state index >= 15 is 0 Å². The molecule has 0 radical (unpaired) electrons. The largest absolute Gasteiger partial charge is 0.491 e. The van der Waals surface area contributed by atoms with Gasteiger partial charge in [-0.05, 0) is 56.5 Å². The zero-order valence-corrected chi connectivity index (χ0v) is 18.3. The Kier molecular flexibility index (Phi) is 6.87. The Hall–Kier alpha value is -2.74.